The maximum Gasteiger partial charge on any atom is 0.192 e. The largest absolute Gasteiger partial charge is 0.370 e. The number of terminal acetylenes is 1. The Bertz CT molecular complexity index is 530. The first-order chi connectivity index (χ1) is 10.1. The molecule has 22 heavy (non-hydrogen) atoms. The molecule has 1 saturated heterocycles. The first kappa shape index (κ1) is 18.9. The summed E-state index contributed by atoms with van der Waals surface area (Å²) in [7, 11) is 0. The van der Waals surface area contributed by atoms with E-state index in [0.717, 1.165) is 37.6 Å². The molecule has 0 aromatic heterocycles. The van der Waals surface area contributed by atoms with Gasteiger partial charge in [0.15, 0.2) is 5.96 Å². The second kappa shape index (κ2) is 9.11. The monoisotopic (exact) mass is 432 g/mol. The quantitative estimate of drug-likeness (QED) is 0.346. The Morgan fingerprint density at radius 3 is 2.41 bits per heavy atom. The van der Waals surface area contributed by atoms with Crippen molar-refractivity contribution in [1.82, 2.24) is 4.90 Å². The van der Waals surface area contributed by atoms with Crippen LogP contribution in [0, 0.1) is 12.3 Å². The third-order valence-corrected chi connectivity index (χ3v) is 3.91. The predicted molar refractivity (Wildman–Crippen MR) is 105 cm³/mol. The molecular weight excluding hydrogens is 411 g/mol. The number of nitrogens with zero attached hydrogens (tertiary/aromatic N) is 3. The average molecular weight is 433 g/mol. The lowest BCUT2D eigenvalue weighted by Gasteiger charge is -2.36. The predicted octanol–water partition coefficient (Wildman–Crippen LogP) is 2.81. The first-order valence-electron chi connectivity index (χ1n) is 7.19. The van der Waals surface area contributed by atoms with Gasteiger partial charge < -0.3 is 15.5 Å². The van der Waals surface area contributed by atoms with E-state index in [9.17, 15) is 0 Å². The summed E-state index contributed by atoms with van der Waals surface area (Å²) in [5, 5.41) is 0.758. The van der Waals surface area contributed by atoms with Gasteiger partial charge in [0.2, 0.25) is 0 Å². The van der Waals surface area contributed by atoms with Crippen LogP contribution in [0.2, 0.25) is 5.02 Å². The molecule has 0 saturated carbocycles. The summed E-state index contributed by atoms with van der Waals surface area (Å²) in [5.41, 5.74) is 7.23. The molecule has 6 heteroatoms. The van der Waals surface area contributed by atoms with E-state index >= 15 is 0 Å². The molecule has 2 N–H and O–H groups in total. The molecule has 0 bridgehead atoms. The standard InChI is InChI=1S/C16H21ClN4.HI/c1-3-14(4-2)19-16(18)21-11-9-20(10-12-21)15-7-5-13(17)6-8-15;/h1,5-8,14H,4,9-12H2,2H3,(H2,18,19);1H. The SMILES string of the molecule is C#CC(CC)N=C(N)N1CCN(c2ccc(Cl)cc2)CC1.I. The van der Waals surface area contributed by atoms with Crippen LogP contribution >= 0.6 is 35.6 Å². The normalized spacial score (nSPS) is 16.7. The number of piperazine rings is 1. The van der Waals surface area contributed by atoms with Crippen LogP contribution in [-0.2, 0) is 0 Å². The summed E-state index contributed by atoms with van der Waals surface area (Å²) >= 11 is 5.92. The molecule has 1 atom stereocenters. The van der Waals surface area contributed by atoms with Crippen LogP contribution < -0.4 is 10.6 Å². The number of hydrogen-bond acceptors (Lipinski definition) is 2. The zero-order chi connectivity index (χ0) is 15.2. The van der Waals surface area contributed by atoms with Gasteiger partial charge in [-0.2, -0.15) is 0 Å². The molecule has 0 radical (unpaired) electrons. The highest BCUT2D eigenvalue weighted by molar-refractivity contribution is 14.0. The summed E-state index contributed by atoms with van der Waals surface area (Å²) in [6.07, 6.45) is 6.23. The molecule has 0 spiro atoms. The molecule has 1 aliphatic heterocycles. The van der Waals surface area contributed by atoms with Crippen molar-refractivity contribution in [3.8, 4) is 12.3 Å². The Labute approximate surface area is 154 Å². The van der Waals surface area contributed by atoms with E-state index in [-0.39, 0.29) is 30.0 Å². The third kappa shape index (κ3) is 4.96. The van der Waals surface area contributed by atoms with Gasteiger partial charge in [0.25, 0.3) is 0 Å². The topological polar surface area (TPSA) is 44.9 Å². The van der Waals surface area contributed by atoms with E-state index in [2.05, 4.69) is 20.7 Å². The van der Waals surface area contributed by atoms with Gasteiger partial charge in [0.1, 0.15) is 6.04 Å². The minimum atomic E-state index is -0.126. The fraction of sp³-hybridized carbons (Fsp3) is 0.438. The molecule has 1 aliphatic rings. The van der Waals surface area contributed by atoms with E-state index in [0.29, 0.717) is 5.96 Å². The fourth-order valence-corrected chi connectivity index (χ4v) is 2.46. The van der Waals surface area contributed by atoms with E-state index in [1.54, 1.807) is 0 Å². The molecule has 1 heterocycles. The second-order valence-corrected chi connectivity index (χ2v) is 5.46. The number of aliphatic imine (C=N–C) groups is 1. The number of benzene rings is 1. The number of guanidine groups is 1. The third-order valence-electron chi connectivity index (χ3n) is 3.66. The Hall–Kier alpha value is -1.13. The number of halogens is 2. The van der Waals surface area contributed by atoms with E-state index in [4.69, 9.17) is 23.8 Å². The highest BCUT2D eigenvalue weighted by atomic mass is 127. The number of hydrogen-bond donors (Lipinski definition) is 1. The second-order valence-electron chi connectivity index (χ2n) is 5.03. The minimum absolute atomic E-state index is 0. The zero-order valence-corrected chi connectivity index (χ0v) is 15.8. The summed E-state index contributed by atoms with van der Waals surface area (Å²) in [6, 6.07) is 7.79. The van der Waals surface area contributed by atoms with Crippen LogP contribution in [0.4, 0.5) is 5.69 Å². The van der Waals surface area contributed by atoms with Crippen molar-refractivity contribution in [2.75, 3.05) is 31.1 Å². The van der Waals surface area contributed by atoms with Crippen LogP contribution in [0.1, 0.15) is 13.3 Å². The van der Waals surface area contributed by atoms with Crippen molar-refractivity contribution in [1.29, 1.82) is 0 Å². The molecule has 1 aromatic carbocycles. The smallest absolute Gasteiger partial charge is 0.192 e. The highest BCUT2D eigenvalue weighted by Crippen LogP contribution is 2.19. The van der Waals surface area contributed by atoms with Crippen molar-refractivity contribution in [3.05, 3.63) is 29.3 Å². The molecule has 0 aliphatic carbocycles. The van der Waals surface area contributed by atoms with Crippen LogP contribution in [0.5, 0.6) is 0 Å². The first-order valence-corrected chi connectivity index (χ1v) is 7.56. The van der Waals surface area contributed by atoms with Crippen LogP contribution in [0.3, 0.4) is 0 Å². The lowest BCUT2D eigenvalue weighted by Crippen LogP contribution is -2.51. The summed E-state index contributed by atoms with van der Waals surface area (Å²) in [6.45, 7) is 5.52. The highest BCUT2D eigenvalue weighted by Gasteiger charge is 2.19. The molecule has 120 valence electrons. The molecule has 4 nitrogen and oxygen atoms in total. The molecule has 1 aromatic rings. The number of nitrogens with two attached hydrogens (primary N) is 1. The lowest BCUT2D eigenvalue weighted by molar-refractivity contribution is 0.380. The van der Waals surface area contributed by atoms with Crippen molar-refractivity contribution in [3.63, 3.8) is 0 Å². The van der Waals surface area contributed by atoms with Gasteiger partial charge in [-0.15, -0.1) is 30.4 Å². The molecule has 2 rings (SSSR count). The van der Waals surface area contributed by atoms with Gasteiger partial charge in [-0.25, -0.2) is 4.99 Å². The summed E-state index contributed by atoms with van der Waals surface area (Å²) in [4.78, 5) is 8.80. The molecule has 1 unspecified atom stereocenters. The van der Waals surface area contributed by atoms with Gasteiger partial charge in [0, 0.05) is 36.9 Å². The van der Waals surface area contributed by atoms with Gasteiger partial charge in [0.05, 0.1) is 0 Å². The van der Waals surface area contributed by atoms with Crippen LogP contribution in [0.15, 0.2) is 29.3 Å². The van der Waals surface area contributed by atoms with E-state index < -0.39 is 0 Å². The zero-order valence-electron chi connectivity index (χ0n) is 12.7. The average Bonchev–Trinajstić information content (AvgIpc) is 2.53. The maximum absolute atomic E-state index is 6.05. The number of anilines is 1. The van der Waals surface area contributed by atoms with Crippen molar-refractivity contribution in [2.45, 2.75) is 19.4 Å². The van der Waals surface area contributed by atoms with Crippen LogP contribution in [-0.4, -0.2) is 43.1 Å². The minimum Gasteiger partial charge on any atom is -0.370 e. The Morgan fingerprint density at radius 1 is 1.32 bits per heavy atom. The van der Waals surface area contributed by atoms with Crippen LogP contribution in [0.25, 0.3) is 0 Å². The van der Waals surface area contributed by atoms with Crippen molar-refractivity contribution < 1.29 is 0 Å². The Balaban J connectivity index is 0.00000242. The van der Waals surface area contributed by atoms with Crippen molar-refractivity contribution >= 4 is 47.2 Å². The maximum atomic E-state index is 6.05. The van der Waals surface area contributed by atoms with Gasteiger partial charge in [-0.1, -0.05) is 24.4 Å². The van der Waals surface area contributed by atoms with Gasteiger partial charge in [-0.05, 0) is 30.7 Å². The molecule has 0 amide bonds. The van der Waals surface area contributed by atoms with Crippen molar-refractivity contribution in [2.24, 2.45) is 10.7 Å². The molecule has 1 fully saturated rings. The lowest BCUT2D eigenvalue weighted by atomic mass is 10.2. The van der Waals surface area contributed by atoms with Gasteiger partial charge in [-0.3, -0.25) is 0 Å². The number of rotatable bonds is 3. The van der Waals surface area contributed by atoms with E-state index in [1.807, 2.05) is 31.2 Å². The summed E-state index contributed by atoms with van der Waals surface area (Å²) in [5.74, 6) is 3.20. The Morgan fingerprint density at radius 2 is 1.91 bits per heavy atom. The van der Waals surface area contributed by atoms with E-state index in [1.165, 1.54) is 5.69 Å². The Kier molecular flexibility index (Phi) is 7.83. The summed E-state index contributed by atoms with van der Waals surface area (Å²) < 4.78 is 0. The fourth-order valence-electron chi connectivity index (χ4n) is 2.33. The molecular formula is C16H22ClIN4. The van der Waals surface area contributed by atoms with Gasteiger partial charge >= 0.3 is 0 Å².